The van der Waals surface area contributed by atoms with Gasteiger partial charge in [0.1, 0.15) is 5.01 Å². The van der Waals surface area contributed by atoms with Crippen molar-refractivity contribution in [2.24, 2.45) is 0 Å². The van der Waals surface area contributed by atoms with E-state index in [-0.39, 0.29) is 12.3 Å². The summed E-state index contributed by atoms with van der Waals surface area (Å²) < 4.78 is 0. The number of hydrogen-bond donors (Lipinski definition) is 1. The average Bonchev–Trinajstić information content (AvgIpc) is 2.97. The van der Waals surface area contributed by atoms with E-state index >= 15 is 0 Å². The fourth-order valence-electron chi connectivity index (χ4n) is 1.99. The number of hydrogen-bond acceptors (Lipinski definition) is 3. The van der Waals surface area contributed by atoms with E-state index in [0.29, 0.717) is 0 Å². The van der Waals surface area contributed by atoms with Crippen LogP contribution < -0.4 is 5.32 Å². The van der Waals surface area contributed by atoms with Gasteiger partial charge in [0.15, 0.2) is 0 Å². The Labute approximate surface area is 127 Å². The Morgan fingerprint density at radius 2 is 1.67 bits per heavy atom. The van der Waals surface area contributed by atoms with Crippen molar-refractivity contribution >= 4 is 22.9 Å². The molecule has 0 aliphatic rings. The highest BCUT2D eigenvalue weighted by molar-refractivity contribution is 7.13. The van der Waals surface area contributed by atoms with Gasteiger partial charge in [0.25, 0.3) is 0 Å². The van der Waals surface area contributed by atoms with Crippen LogP contribution in [0.15, 0.2) is 66.0 Å². The maximum absolute atomic E-state index is 12.0. The van der Waals surface area contributed by atoms with Crippen molar-refractivity contribution in [2.75, 3.05) is 5.32 Å². The third kappa shape index (κ3) is 3.55. The quantitative estimate of drug-likeness (QED) is 0.790. The molecule has 2 aromatic carbocycles. The van der Waals surface area contributed by atoms with Crippen LogP contribution in [-0.2, 0) is 11.2 Å². The zero-order valence-corrected chi connectivity index (χ0v) is 12.1. The molecule has 1 N–H and O–H groups in total. The number of para-hydroxylation sites is 1. The van der Waals surface area contributed by atoms with Gasteiger partial charge in [0.2, 0.25) is 5.91 Å². The molecule has 0 bridgehead atoms. The fraction of sp³-hybridized carbons (Fsp3) is 0.0588. The summed E-state index contributed by atoms with van der Waals surface area (Å²) in [5, 5.41) is 5.75. The van der Waals surface area contributed by atoms with Gasteiger partial charge in [-0.1, -0.05) is 48.5 Å². The second kappa shape index (κ2) is 6.33. The van der Waals surface area contributed by atoms with Crippen LogP contribution in [0.2, 0.25) is 0 Å². The highest BCUT2D eigenvalue weighted by Gasteiger charge is 2.09. The molecule has 0 radical (unpaired) electrons. The SMILES string of the molecule is O=C(Cc1csc(-c2ccccc2)n1)Nc1ccccc1. The molecule has 1 heterocycles. The summed E-state index contributed by atoms with van der Waals surface area (Å²) in [4.78, 5) is 16.5. The monoisotopic (exact) mass is 294 g/mol. The molecule has 1 aromatic heterocycles. The molecule has 4 heteroatoms. The molecule has 0 atom stereocenters. The van der Waals surface area contributed by atoms with E-state index < -0.39 is 0 Å². The number of nitrogens with zero attached hydrogens (tertiary/aromatic N) is 1. The predicted octanol–water partition coefficient (Wildman–Crippen LogP) is 3.99. The Morgan fingerprint density at radius 1 is 1.00 bits per heavy atom. The molecule has 0 aliphatic carbocycles. The number of anilines is 1. The minimum absolute atomic E-state index is 0.0499. The molecule has 1 amide bonds. The largest absolute Gasteiger partial charge is 0.326 e. The lowest BCUT2D eigenvalue weighted by Crippen LogP contribution is -2.14. The van der Waals surface area contributed by atoms with Crippen LogP contribution in [-0.4, -0.2) is 10.9 Å². The summed E-state index contributed by atoms with van der Waals surface area (Å²) >= 11 is 1.56. The van der Waals surface area contributed by atoms with Crippen LogP contribution in [0.3, 0.4) is 0 Å². The Bertz CT molecular complexity index is 723. The lowest BCUT2D eigenvalue weighted by Gasteiger charge is -2.03. The standard InChI is InChI=1S/C17H14N2OS/c20-16(18-14-9-5-2-6-10-14)11-15-12-21-17(19-15)13-7-3-1-4-8-13/h1-10,12H,11H2,(H,18,20). The molecule has 0 spiro atoms. The Balaban J connectivity index is 1.66. The third-order valence-electron chi connectivity index (χ3n) is 2.97. The van der Waals surface area contributed by atoms with Crippen molar-refractivity contribution in [1.82, 2.24) is 4.98 Å². The van der Waals surface area contributed by atoms with Gasteiger partial charge in [-0.3, -0.25) is 4.79 Å². The maximum Gasteiger partial charge on any atom is 0.230 e. The summed E-state index contributed by atoms with van der Waals surface area (Å²) in [6.45, 7) is 0. The van der Waals surface area contributed by atoms with E-state index in [9.17, 15) is 4.79 Å². The lowest BCUT2D eigenvalue weighted by molar-refractivity contribution is -0.115. The topological polar surface area (TPSA) is 42.0 Å². The first-order chi connectivity index (χ1) is 10.3. The van der Waals surface area contributed by atoms with Gasteiger partial charge >= 0.3 is 0 Å². The number of carbonyl (C=O) groups excluding carboxylic acids is 1. The normalized spacial score (nSPS) is 10.3. The molecule has 3 aromatic rings. The Morgan fingerprint density at radius 3 is 2.38 bits per heavy atom. The Hall–Kier alpha value is -2.46. The summed E-state index contributed by atoms with van der Waals surface area (Å²) in [7, 11) is 0. The minimum Gasteiger partial charge on any atom is -0.326 e. The van der Waals surface area contributed by atoms with Crippen LogP contribution in [0, 0.1) is 0 Å². The highest BCUT2D eigenvalue weighted by Crippen LogP contribution is 2.23. The zero-order chi connectivity index (χ0) is 14.5. The third-order valence-corrected chi connectivity index (χ3v) is 3.91. The molecule has 104 valence electrons. The van der Waals surface area contributed by atoms with Gasteiger partial charge < -0.3 is 5.32 Å². The van der Waals surface area contributed by atoms with Gasteiger partial charge in [-0.2, -0.15) is 0 Å². The summed E-state index contributed by atoms with van der Waals surface area (Å²) in [6, 6.07) is 19.4. The summed E-state index contributed by atoms with van der Waals surface area (Å²) in [5.41, 5.74) is 2.69. The number of benzene rings is 2. The van der Waals surface area contributed by atoms with Crippen molar-refractivity contribution < 1.29 is 4.79 Å². The number of thiazole rings is 1. The molecule has 0 saturated heterocycles. The van der Waals surface area contributed by atoms with E-state index in [2.05, 4.69) is 10.3 Å². The van der Waals surface area contributed by atoms with E-state index in [1.54, 1.807) is 11.3 Å². The molecular weight excluding hydrogens is 280 g/mol. The van der Waals surface area contributed by atoms with Crippen molar-refractivity contribution in [3.63, 3.8) is 0 Å². The van der Waals surface area contributed by atoms with Crippen LogP contribution >= 0.6 is 11.3 Å². The molecule has 3 nitrogen and oxygen atoms in total. The van der Waals surface area contributed by atoms with Gasteiger partial charge in [0, 0.05) is 16.6 Å². The smallest absolute Gasteiger partial charge is 0.230 e. The molecule has 0 fully saturated rings. The fourth-order valence-corrected chi connectivity index (χ4v) is 2.82. The number of carbonyl (C=O) groups is 1. The second-order valence-electron chi connectivity index (χ2n) is 4.60. The van der Waals surface area contributed by atoms with E-state index in [4.69, 9.17) is 0 Å². The summed E-state index contributed by atoms with van der Waals surface area (Å²) in [5.74, 6) is -0.0499. The maximum atomic E-state index is 12.0. The van der Waals surface area contributed by atoms with Gasteiger partial charge in [-0.15, -0.1) is 11.3 Å². The molecule has 3 rings (SSSR count). The van der Waals surface area contributed by atoms with Gasteiger partial charge in [-0.25, -0.2) is 4.98 Å². The molecule has 0 saturated carbocycles. The molecular formula is C17H14N2OS. The van der Waals surface area contributed by atoms with Crippen molar-refractivity contribution in [3.8, 4) is 10.6 Å². The van der Waals surface area contributed by atoms with Crippen LogP contribution in [0.4, 0.5) is 5.69 Å². The number of amides is 1. The van der Waals surface area contributed by atoms with E-state index in [0.717, 1.165) is 22.0 Å². The Kier molecular flexibility index (Phi) is 4.07. The van der Waals surface area contributed by atoms with Gasteiger partial charge in [0.05, 0.1) is 12.1 Å². The van der Waals surface area contributed by atoms with E-state index in [1.807, 2.05) is 66.0 Å². The van der Waals surface area contributed by atoms with Crippen molar-refractivity contribution in [3.05, 3.63) is 71.7 Å². The number of aromatic nitrogens is 1. The molecule has 0 aliphatic heterocycles. The summed E-state index contributed by atoms with van der Waals surface area (Å²) in [6.07, 6.45) is 0.290. The van der Waals surface area contributed by atoms with Crippen LogP contribution in [0.25, 0.3) is 10.6 Å². The molecule has 0 unspecified atom stereocenters. The highest BCUT2D eigenvalue weighted by atomic mass is 32.1. The van der Waals surface area contributed by atoms with E-state index in [1.165, 1.54) is 0 Å². The predicted molar refractivity (Wildman–Crippen MR) is 86.3 cm³/mol. The van der Waals surface area contributed by atoms with Crippen molar-refractivity contribution in [2.45, 2.75) is 6.42 Å². The van der Waals surface area contributed by atoms with Crippen LogP contribution in [0.1, 0.15) is 5.69 Å². The van der Waals surface area contributed by atoms with Crippen LogP contribution in [0.5, 0.6) is 0 Å². The number of nitrogens with one attached hydrogen (secondary N) is 1. The van der Waals surface area contributed by atoms with Gasteiger partial charge in [-0.05, 0) is 12.1 Å². The number of rotatable bonds is 4. The second-order valence-corrected chi connectivity index (χ2v) is 5.46. The first-order valence-corrected chi connectivity index (χ1v) is 7.54. The zero-order valence-electron chi connectivity index (χ0n) is 11.3. The van der Waals surface area contributed by atoms with Crippen molar-refractivity contribution in [1.29, 1.82) is 0 Å². The minimum atomic E-state index is -0.0499. The average molecular weight is 294 g/mol. The molecule has 21 heavy (non-hydrogen) atoms. The first-order valence-electron chi connectivity index (χ1n) is 6.66. The lowest BCUT2D eigenvalue weighted by atomic mass is 10.2. The first kappa shape index (κ1) is 13.5.